The first-order valence-corrected chi connectivity index (χ1v) is 2.96. The minimum Gasteiger partial charge on any atom is -0.343 e. The van der Waals surface area contributed by atoms with Crippen molar-refractivity contribution in [3.8, 4) is 0 Å². The summed E-state index contributed by atoms with van der Waals surface area (Å²) in [6.07, 6.45) is 1.20. The molecule has 1 unspecified atom stereocenters. The van der Waals surface area contributed by atoms with Gasteiger partial charge in [-0.15, -0.1) is 4.89 Å². The molecule has 0 spiro atoms. The van der Waals surface area contributed by atoms with Gasteiger partial charge in [0, 0.05) is 0 Å². The maximum Gasteiger partial charge on any atom is 0.258 e. The summed E-state index contributed by atoms with van der Waals surface area (Å²) in [6, 6.07) is 0. The van der Waals surface area contributed by atoms with Crippen molar-refractivity contribution in [1.29, 1.82) is 0 Å². The maximum absolute atomic E-state index is 4.97. The van der Waals surface area contributed by atoms with Crippen LogP contribution < -0.4 is 0 Å². The molecule has 0 bridgehead atoms. The zero-order valence-electron chi connectivity index (χ0n) is 5.92. The smallest absolute Gasteiger partial charge is 0.258 e. The third-order valence-electron chi connectivity index (χ3n) is 1.31. The largest absolute Gasteiger partial charge is 0.343 e. The zero-order valence-corrected chi connectivity index (χ0v) is 5.92. The second kappa shape index (κ2) is 2.44. The van der Waals surface area contributed by atoms with Gasteiger partial charge in [0.05, 0.1) is 0 Å². The van der Waals surface area contributed by atoms with Crippen LogP contribution in [0.4, 0.5) is 0 Å². The minimum atomic E-state index is -0.686. The monoisotopic (exact) mass is 142 g/mol. The molecule has 1 aliphatic rings. The molecule has 3 heteroatoms. The summed E-state index contributed by atoms with van der Waals surface area (Å²) >= 11 is 0. The van der Waals surface area contributed by atoms with Crippen LogP contribution in [0, 0.1) is 0 Å². The number of hydrogen-bond donors (Lipinski definition) is 0. The third kappa shape index (κ3) is 1.20. The van der Waals surface area contributed by atoms with Crippen LogP contribution in [0.15, 0.2) is 25.0 Å². The first-order valence-electron chi connectivity index (χ1n) is 2.96. The highest BCUT2D eigenvalue weighted by molar-refractivity contribution is 5.11. The lowest BCUT2D eigenvalue weighted by molar-refractivity contribution is -0.308. The highest BCUT2D eigenvalue weighted by atomic mass is 17.2. The molecule has 1 aliphatic heterocycles. The lowest BCUT2D eigenvalue weighted by Gasteiger charge is -2.08. The van der Waals surface area contributed by atoms with E-state index in [9.17, 15) is 0 Å². The Morgan fingerprint density at radius 3 is 2.70 bits per heavy atom. The maximum atomic E-state index is 4.97. The molecule has 10 heavy (non-hydrogen) atoms. The fourth-order valence-electron chi connectivity index (χ4n) is 0.543. The molecule has 0 N–H and O–H groups in total. The van der Waals surface area contributed by atoms with Crippen LogP contribution >= 0.6 is 0 Å². The van der Waals surface area contributed by atoms with Gasteiger partial charge in [-0.25, -0.2) is 0 Å². The molecule has 0 radical (unpaired) electrons. The number of rotatable bonds is 4. The van der Waals surface area contributed by atoms with E-state index in [1.807, 2.05) is 6.92 Å². The predicted molar refractivity (Wildman–Crippen MR) is 35.9 cm³/mol. The van der Waals surface area contributed by atoms with Crippen molar-refractivity contribution < 1.29 is 14.5 Å². The SMILES string of the molecule is C=COOC1(C(=C)C)CO1. The average molecular weight is 142 g/mol. The summed E-state index contributed by atoms with van der Waals surface area (Å²) in [6.45, 7) is 9.33. The van der Waals surface area contributed by atoms with Crippen LogP contribution in [-0.4, -0.2) is 12.4 Å². The Morgan fingerprint density at radius 1 is 1.80 bits per heavy atom. The van der Waals surface area contributed by atoms with E-state index >= 15 is 0 Å². The van der Waals surface area contributed by atoms with Gasteiger partial charge in [-0.1, -0.05) is 13.2 Å². The lowest BCUT2D eigenvalue weighted by atomic mass is 10.2. The van der Waals surface area contributed by atoms with E-state index < -0.39 is 5.79 Å². The molecule has 56 valence electrons. The zero-order chi connectivity index (χ0) is 7.61. The van der Waals surface area contributed by atoms with E-state index in [-0.39, 0.29) is 0 Å². The predicted octanol–water partition coefficient (Wildman–Crippen LogP) is 1.38. The fourth-order valence-corrected chi connectivity index (χ4v) is 0.543. The third-order valence-corrected chi connectivity index (χ3v) is 1.31. The average Bonchev–Trinajstić information content (AvgIpc) is 2.64. The van der Waals surface area contributed by atoms with Crippen molar-refractivity contribution in [2.24, 2.45) is 0 Å². The minimum absolute atomic E-state index is 0.510. The second-order valence-electron chi connectivity index (χ2n) is 2.17. The lowest BCUT2D eigenvalue weighted by Crippen LogP contribution is -2.15. The number of ether oxygens (including phenoxy) is 1. The van der Waals surface area contributed by atoms with Crippen LogP contribution in [0.1, 0.15) is 6.92 Å². The van der Waals surface area contributed by atoms with Gasteiger partial charge in [0.15, 0.2) is 0 Å². The van der Waals surface area contributed by atoms with E-state index in [2.05, 4.69) is 18.0 Å². The van der Waals surface area contributed by atoms with Crippen LogP contribution in [-0.2, 0) is 14.5 Å². The molecule has 0 aliphatic carbocycles. The summed E-state index contributed by atoms with van der Waals surface area (Å²) in [4.78, 5) is 9.31. The number of epoxide rings is 1. The topological polar surface area (TPSA) is 31.0 Å². The molecule has 1 saturated heterocycles. The van der Waals surface area contributed by atoms with Crippen LogP contribution in [0.3, 0.4) is 0 Å². The van der Waals surface area contributed by atoms with Crippen molar-refractivity contribution in [3.63, 3.8) is 0 Å². The van der Waals surface area contributed by atoms with Crippen molar-refractivity contribution in [1.82, 2.24) is 0 Å². The molecule has 0 saturated carbocycles. The summed E-state index contributed by atoms with van der Waals surface area (Å²) in [5.41, 5.74) is 0.800. The molecule has 1 rings (SSSR count). The van der Waals surface area contributed by atoms with Crippen LogP contribution in [0.25, 0.3) is 0 Å². The van der Waals surface area contributed by atoms with Crippen LogP contribution in [0.2, 0.25) is 0 Å². The van der Waals surface area contributed by atoms with Crippen molar-refractivity contribution >= 4 is 0 Å². The summed E-state index contributed by atoms with van der Waals surface area (Å²) < 4.78 is 4.97. The van der Waals surface area contributed by atoms with Gasteiger partial charge in [-0.2, -0.15) is 0 Å². The van der Waals surface area contributed by atoms with Gasteiger partial charge in [0.1, 0.15) is 12.9 Å². The molecule has 0 aromatic heterocycles. The molecule has 0 amide bonds. The van der Waals surface area contributed by atoms with E-state index in [4.69, 9.17) is 9.62 Å². The summed E-state index contributed by atoms with van der Waals surface area (Å²) in [5, 5.41) is 0. The Kier molecular flexibility index (Phi) is 1.78. The van der Waals surface area contributed by atoms with Crippen molar-refractivity contribution in [2.75, 3.05) is 6.61 Å². The standard InChI is InChI=1S/C7H10O3/c1-4-9-10-7(5-8-7)6(2)3/h4H,1-2,5H2,3H3. The normalized spacial score (nSPS) is 29.3. The Labute approximate surface area is 59.8 Å². The molecular weight excluding hydrogens is 132 g/mol. The molecule has 3 nitrogen and oxygen atoms in total. The molecule has 1 heterocycles. The second-order valence-corrected chi connectivity index (χ2v) is 2.17. The van der Waals surface area contributed by atoms with Gasteiger partial charge in [-0.05, 0) is 12.5 Å². The Hall–Kier alpha value is -0.800. The molecule has 0 aromatic carbocycles. The van der Waals surface area contributed by atoms with Gasteiger partial charge in [0.25, 0.3) is 5.79 Å². The van der Waals surface area contributed by atoms with Crippen molar-refractivity contribution in [2.45, 2.75) is 12.7 Å². The summed E-state index contributed by atoms with van der Waals surface area (Å²) in [5.74, 6) is -0.686. The van der Waals surface area contributed by atoms with E-state index in [0.29, 0.717) is 6.61 Å². The Balaban J connectivity index is 2.37. The number of hydrogen-bond acceptors (Lipinski definition) is 3. The summed E-state index contributed by atoms with van der Waals surface area (Å²) in [7, 11) is 0. The fraction of sp³-hybridized carbons (Fsp3) is 0.429. The molecule has 1 fully saturated rings. The van der Waals surface area contributed by atoms with Gasteiger partial charge < -0.3 is 9.62 Å². The first kappa shape index (κ1) is 7.31. The van der Waals surface area contributed by atoms with Gasteiger partial charge in [-0.3, -0.25) is 0 Å². The highest BCUT2D eigenvalue weighted by Gasteiger charge is 2.49. The van der Waals surface area contributed by atoms with Crippen molar-refractivity contribution in [3.05, 3.63) is 25.0 Å². The molecule has 1 atom stereocenters. The highest BCUT2D eigenvalue weighted by Crippen LogP contribution is 2.35. The van der Waals surface area contributed by atoms with Gasteiger partial charge >= 0.3 is 0 Å². The molecular formula is C7H10O3. The Morgan fingerprint density at radius 2 is 2.40 bits per heavy atom. The van der Waals surface area contributed by atoms with Crippen LogP contribution in [0.5, 0.6) is 0 Å². The Bertz CT molecular complexity index is 158. The molecule has 0 aromatic rings. The van der Waals surface area contributed by atoms with E-state index in [0.717, 1.165) is 5.57 Å². The quantitative estimate of drug-likeness (QED) is 0.195. The first-order chi connectivity index (χ1) is 4.71. The van der Waals surface area contributed by atoms with E-state index in [1.54, 1.807) is 0 Å². The van der Waals surface area contributed by atoms with E-state index in [1.165, 1.54) is 6.26 Å². The van der Waals surface area contributed by atoms with Gasteiger partial charge in [0.2, 0.25) is 0 Å².